The highest BCUT2D eigenvalue weighted by molar-refractivity contribution is 5.45. The number of rotatable bonds is 3. The highest BCUT2D eigenvalue weighted by Crippen LogP contribution is 2.50. The summed E-state index contributed by atoms with van der Waals surface area (Å²) in [5.74, 6) is 0.798. The van der Waals surface area contributed by atoms with Gasteiger partial charge in [0, 0.05) is 5.56 Å². The third-order valence-electron chi connectivity index (χ3n) is 3.77. The third-order valence-corrected chi connectivity index (χ3v) is 3.77. The van der Waals surface area contributed by atoms with Crippen LogP contribution in [0.3, 0.4) is 0 Å². The van der Waals surface area contributed by atoms with Crippen molar-refractivity contribution in [3.05, 3.63) is 65.7 Å². The van der Waals surface area contributed by atoms with E-state index in [4.69, 9.17) is 4.74 Å². The zero-order valence-corrected chi connectivity index (χ0v) is 11.0. The van der Waals surface area contributed by atoms with Crippen molar-refractivity contribution in [1.82, 2.24) is 0 Å². The molecule has 1 aliphatic rings. The molecule has 0 aliphatic carbocycles. The molecule has 0 fully saturated rings. The van der Waals surface area contributed by atoms with Crippen LogP contribution in [-0.4, -0.2) is 5.11 Å². The Morgan fingerprint density at radius 3 is 2.47 bits per heavy atom. The number of aliphatic hydroxyl groups is 1. The van der Waals surface area contributed by atoms with E-state index in [0.717, 1.165) is 23.3 Å². The molecule has 1 N–H and O–H groups in total. The molecule has 0 bridgehead atoms. The summed E-state index contributed by atoms with van der Waals surface area (Å²) in [7, 11) is 0. The van der Waals surface area contributed by atoms with Crippen LogP contribution in [0.2, 0.25) is 0 Å². The van der Waals surface area contributed by atoms with E-state index in [1.165, 1.54) is 0 Å². The van der Waals surface area contributed by atoms with E-state index < -0.39 is 5.60 Å². The van der Waals surface area contributed by atoms with E-state index in [1.807, 2.05) is 54.6 Å². The average molecular weight is 254 g/mol. The number of hydrogen-bond acceptors (Lipinski definition) is 2. The molecule has 0 spiro atoms. The van der Waals surface area contributed by atoms with Crippen molar-refractivity contribution in [1.29, 1.82) is 0 Å². The fourth-order valence-corrected chi connectivity index (χ4v) is 2.91. The van der Waals surface area contributed by atoms with Gasteiger partial charge in [-0.2, -0.15) is 0 Å². The minimum absolute atomic E-state index is 0.314. The summed E-state index contributed by atoms with van der Waals surface area (Å²) < 4.78 is 6.01. The maximum Gasteiger partial charge on any atom is 0.157 e. The summed E-state index contributed by atoms with van der Waals surface area (Å²) in [6, 6.07) is 17.8. The van der Waals surface area contributed by atoms with Gasteiger partial charge in [-0.3, -0.25) is 0 Å². The van der Waals surface area contributed by atoms with Crippen molar-refractivity contribution in [2.75, 3.05) is 0 Å². The lowest BCUT2D eigenvalue weighted by Crippen LogP contribution is -2.31. The second-order valence-electron chi connectivity index (χ2n) is 5.08. The Morgan fingerprint density at radius 1 is 1.05 bits per heavy atom. The van der Waals surface area contributed by atoms with E-state index in [-0.39, 0.29) is 6.10 Å². The van der Waals surface area contributed by atoms with Gasteiger partial charge in [0.1, 0.15) is 11.4 Å². The van der Waals surface area contributed by atoms with E-state index >= 15 is 0 Å². The van der Waals surface area contributed by atoms with Crippen LogP contribution in [0.5, 0.6) is 5.75 Å². The number of hydrogen-bond donors (Lipinski definition) is 1. The van der Waals surface area contributed by atoms with Crippen LogP contribution in [0.1, 0.15) is 37.0 Å². The summed E-state index contributed by atoms with van der Waals surface area (Å²) in [5.41, 5.74) is 1.01. The van der Waals surface area contributed by atoms with E-state index in [9.17, 15) is 5.11 Å². The van der Waals surface area contributed by atoms with Crippen molar-refractivity contribution in [3.8, 4) is 5.75 Å². The molecular weight excluding hydrogens is 236 g/mol. The van der Waals surface area contributed by atoms with Crippen LogP contribution < -0.4 is 4.74 Å². The van der Waals surface area contributed by atoms with E-state index in [2.05, 4.69) is 6.92 Å². The van der Waals surface area contributed by atoms with Crippen LogP contribution in [0.25, 0.3) is 0 Å². The van der Waals surface area contributed by atoms with Crippen LogP contribution in [0, 0.1) is 0 Å². The fraction of sp³-hybridized carbons (Fsp3) is 0.294. The van der Waals surface area contributed by atoms with Gasteiger partial charge in [-0.15, -0.1) is 0 Å². The van der Waals surface area contributed by atoms with Crippen molar-refractivity contribution in [2.24, 2.45) is 0 Å². The van der Waals surface area contributed by atoms with E-state index in [1.54, 1.807) is 0 Å². The summed E-state index contributed by atoms with van der Waals surface area (Å²) in [4.78, 5) is 0. The first-order valence-corrected chi connectivity index (χ1v) is 6.79. The minimum atomic E-state index is -0.924. The van der Waals surface area contributed by atoms with Gasteiger partial charge in [0.25, 0.3) is 0 Å². The molecule has 0 aromatic heterocycles. The molecule has 2 aromatic rings. The second kappa shape index (κ2) is 4.71. The molecule has 0 unspecified atom stereocenters. The number of para-hydroxylation sites is 1. The zero-order chi connectivity index (χ0) is 13.3. The summed E-state index contributed by atoms with van der Waals surface area (Å²) in [6.45, 7) is 2.08. The fourth-order valence-electron chi connectivity index (χ4n) is 2.91. The van der Waals surface area contributed by atoms with Gasteiger partial charge >= 0.3 is 0 Å². The molecule has 2 atom stereocenters. The molecule has 1 heterocycles. The van der Waals surface area contributed by atoms with Crippen LogP contribution in [-0.2, 0) is 5.60 Å². The largest absolute Gasteiger partial charge is 0.482 e. The molecule has 0 radical (unpaired) electrons. The average Bonchev–Trinajstić information content (AvgIpc) is 2.74. The number of fused-ring (bicyclic) bond motifs is 1. The number of benzene rings is 2. The standard InChI is InChI=1S/C17H18O2/c1-2-12-17(18)14-10-6-7-11-15(14)19-16(17)13-8-4-3-5-9-13/h3-11,16,18H,2,12H2,1H3/t16-,17+/m1/s1. The maximum absolute atomic E-state index is 11.1. The number of ether oxygens (including phenoxy) is 1. The lowest BCUT2D eigenvalue weighted by molar-refractivity contribution is -0.0490. The van der Waals surface area contributed by atoms with Gasteiger partial charge in [0.2, 0.25) is 0 Å². The quantitative estimate of drug-likeness (QED) is 0.902. The van der Waals surface area contributed by atoms with Crippen molar-refractivity contribution in [3.63, 3.8) is 0 Å². The van der Waals surface area contributed by atoms with E-state index in [0.29, 0.717) is 6.42 Å². The Morgan fingerprint density at radius 2 is 1.74 bits per heavy atom. The Hall–Kier alpha value is -1.80. The first kappa shape index (κ1) is 12.2. The Kier molecular flexibility index (Phi) is 3.03. The predicted octanol–water partition coefficient (Wildman–Crippen LogP) is 3.81. The van der Waals surface area contributed by atoms with Crippen molar-refractivity contribution < 1.29 is 9.84 Å². The third kappa shape index (κ3) is 1.92. The Balaban J connectivity index is 2.08. The normalized spacial score (nSPS) is 24.8. The molecule has 0 amide bonds. The minimum Gasteiger partial charge on any atom is -0.482 e. The van der Waals surface area contributed by atoms with Crippen molar-refractivity contribution >= 4 is 0 Å². The lowest BCUT2D eigenvalue weighted by atomic mass is 9.83. The molecule has 3 rings (SSSR count). The first-order chi connectivity index (χ1) is 9.25. The topological polar surface area (TPSA) is 29.5 Å². The first-order valence-electron chi connectivity index (χ1n) is 6.79. The summed E-state index contributed by atoms with van der Waals surface area (Å²) in [5, 5.41) is 11.1. The molecule has 98 valence electrons. The predicted molar refractivity (Wildman–Crippen MR) is 75.1 cm³/mol. The van der Waals surface area contributed by atoms with Gasteiger partial charge in [0.05, 0.1) is 0 Å². The molecule has 2 heteroatoms. The van der Waals surface area contributed by atoms with Crippen molar-refractivity contribution in [2.45, 2.75) is 31.5 Å². The second-order valence-corrected chi connectivity index (χ2v) is 5.08. The van der Waals surface area contributed by atoms with Crippen LogP contribution in [0.15, 0.2) is 54.6 Å². The zero-order valence-electron chi connectivity index (χ0n) is 11.0. The van der Waals surface area contributed by atoms with Gasteiger partial charge in [-0.1, -0.05) is 61.9 Å². The summed E-state index contributed by atoms with van der Waals surface area (Å²) >= 11 is 0. The smallest absolute Gasteiger partial charge is 0.157 e. The molecule has 1 aliphatic heterocycles. The maximum atomic E-state index is 11.1. The highest BCUT2D eigenvalue weighted by Gasteiger charge is 2.47. The Bertz CT molecular complexity index is 564. The van der Waals surface area contributed by atoms with Gasteiger partial charge in [-0.05, 0) is 18.1 Å². The van der Waals surface area contributed by atoms with Crippen LogP contribution in [0.4, 0.5) is 0 Å². The van der Waals surface area contributed by atoms with Gasteiger partial charge in [-0.25, -0.2) is 0 Å². The SMILES string of the molecule is CCC[C@]1(O)c2ccccc2O[C@@H]1c1ccccc1. The Labute approximate surface area is 113 Å². The van der Waals surface area contributed by atoms with Crippen LogP contribution >= 0.6 is 0 Å². The molecule has 2 nitrogen and oxygen atoms in total. The molecular formula is C17H18O2. The molecule has 19 heavy (non-hydrogen) atoms. The highest BCUT2D eigenvalue weighted by atomic mass is 16.5. The monoisotopic (exact) mass is 254 g/mol. The summed E-state index contributed by atoms with van der Waals surface area (Å²) in [6.07, 6.45) is 1.30. The van der Waals surface area contributed by atoms with Gasteiger partial charge in [0.15, 0.2) is 6.10 Å². The molecule has 0 saturated carbocycles. The lowest BCUT2D eigenvalue weighted by Gasteiger charge is -2.29. The van der Waals surface area contributed by atoms with Gasteiger partial charge < -0.3 is 9.84 Å². The molecule has 0 saturated heterocycles. The molecule has 2 aromatic carbocycles.